The van der Waals surface area contributed by atoms with E-state index < -0.39 is 5.82 Å². The molecule has 0 atom stereocenters. The fraction of sp³-hybridized carbons (Fsp3) is 0.133. The standard InChI is InChI=1S/C15H10ClFO4/c16-12-2-1-11(17)3-10(12)7-19-13-5-15-14(20-8-21-15)4-9(13)6-18/h1-6H,7-8H2. The summed E-state index contributed by atoms with van der Waals surface area (Å²) in [5.74, 6) is 0.919. The van der Waals surface area contributed by atoms with E-state index in [0.717, 1.165) is 0 Å². The summed E-state index contributed by atoms with van der Waals surface area (Å²) in [5, 5.41) is 0.393. The van der Waals surface area contributed by atoms with Crippen LogP contribution in [0.5, 0.6) is 17.2 Å². The molecule has 0 fully saturated rings. The Morgan fingerprint density at radius 3 is 2.76 bits per heavy atom. The molecule has 21 heavy (non-hydrogen) atoms. The van der Waals surface area contributed by atoms with Crippen LogP contribution in [0.1, 0.15) is 15.9 Å². The van der Waals surface area contributed by atoms with Gasteiger partial charge in [0.1, 0.15) is 18.2 Å². The van der Waals surface area contributed by atoms with Gasteiger partial charge in [-0.05, 0) is 24.3 Å². The van der Waals surface area contributed by atoms with Gasteiger partial charge in [-0.3, -0.25) is 4.79 Å². The number of hydrogen-bond acceptors (Lipinski definition) is 4. The first-order chi connectivity index (χ1) is 10.2. The largest absolute Gasteiger partial charge is 0.488 e. The summed E-state index contributed by atoms with van der Waals surface area (Å²) in [4.78, 5) is 11.1. The minimum atomic E-state index is -0.403. The van der Waals surface area contributed by atoms with Crippen LogP contribution in [0.25, 0.3) is 0 Å². The van der Waals surface area contributed by atoms with Gasteiger partial charge in [-0.15, -0.1) is 0 Å². The molecule has 3 rings (SSSR count). The molecule has 108 valence electrons. The lowest BCUT2D eigenvalue weighted by Gasteiger charge is -2.10. The Morgan fingerprint density at radius 1 is 1.24 bits per heavy atom. The van der Waals surface area contributed by atoms with E-state index >= 15 is 0 Å². The molecule has 1 aliphatic heterocycles. The predicted octanol–water partition coefficient (Wildman–Crippen LogP) is 3.60. The highest BCUT2D eigenvalue weighted by Crippen LogP contribution is 2.37. The Labute approximate surface area is 125 Å². The molecule has 0 bridgehead atoms. The van der Waals surface area contributed by atoms with Crippen molar-refractivity contribution in [1.29, 1.82) is 0 Å². The summed E-state index contributed by atoms with van der Waals surface area (Å²) in [7, 11) is 0. The molecule has 2 aromatic carbocycles. The maximum absolute atomic E-state index is 13.2. The second-order valence-electron chi connectivity index (χ2n) is 4.39. The number of aldehydes is 1. The van der Waals surface area contributed by atoms with E-state index in [1.54, 1.807) is 6.07 Å². The van der Waals surface area contributed by atoms with Gasteiger partial charge < -0.3 is 14.2 Å². The Balaban J connectivity index is 1.85. The zero-order valence-electron chi connectivity index (χ0n) is 10.8. The van der Waals surface area contributed by atoms with Crippen LogP contribution in [-0.4, -0.2) is 13.1 Å². The van der Waals surface area contributed by atoms with Crippen molar-refractivity contribution in [2.75, 3.05) is 6.79 Å². The zero-order chi connectivity index (χ0) is 14.8. The summed E-state index contributed by atoms with van der Waals surface area (Å²) in [6.45, 7) is 0.143. The molecule has 0 N–H and O–H groups in total. The van der Waals surface area contributed by atoms with Gasteiger partial charge in [0.2, 0.25) is 6.79 Å². The first-order valence-electron chi connectivity index (χ1n) is 6.13. The second kappa shape index (κ2) is 5.61. The van der Waals surface area contributed by atoms with Crippen LogP contribution >= 0.6 is 11.6 Å². The van der Waals surface area contributed by atoms with Crippen LogP contribution in [0.15, 0.2) is 30.3 Å². The monoisotopic (exact) mass is 308 g/mol. The summed E-state index contributed by atoms with van der Waals surface area (Å²) in [6, 6.07) is 7.12. The maximum Gasteiger partial charge on any atom is 0.231 e. The van der Waals surface area contributed by atoms with Crippen LogP contribution in [0.4, 0.5) is 4.39 Å². The van der Waals surface area contributed by atoms with E-state index in [-0.39, 0.29) is 13.4 Å². The quantitative estimate of drug-likeness (QED) is 0.810. The van der Waals surface area contributed by atoms with E-state index in [2.05, 4.69) is 0 Å². The highest BCUT2D eigenvalue weighted by Gasteiger charge is 2.18. The van der Waals surface area contributed by atoms with Crippen molar-refractivity contribution in [2.24, 2.45) is 0 Å². The summed E-state index contributed by atoms with van der Waals surface area (Å²) < 4.78 is 29.2. The van der Waals surface area contributed by atoms with Crippen LogP contribution in [0.2, 0.25) is 5.02 Å². The normalized spacial score (nSPS) is 12.3. The predicted molar refractivity (Wildman–Crippen MR) is 73.7 cm³/mol. The third-order valence-electron chi connectivity index (χ3n) is 3.02. The van der Waals surface area contributed by atoms with Crippen molar-refractivity contribution < 1.29 is 23.4 Å². The Kier molecular flexibility index (Phi) is 3.66. The van der Waals surface area contributed by atoms with Gasteiger partial charge in [-0.1, -0.05) is 11.6 Å². The lowest BCUT2D eigenvalue weighted by molar-refractivity contribution is 0.111. The van der Waals surface area contributed by atoms with Crippen molar-refractivity contribution in [1.82, 2.24) is 0 Å². The molecule has 0 aromatic heterocycles. The van der Waals surface area contributed by atoms with E-state index in [4.69, 9.17) is 25.8 Å². The average Bonchev–Trinajstić information content (AvgIpc) is 2.94. The Hall–Kier alpha value is -2.27. The molecule has 1 aliphatic rings. The fourth-order valence-electron chi connectivity index (χ4n) is 1.97. The SMILES string of the molecule is O=Cc1cc2c(cc1OCc1cc(F)ccc1Cl)OCO2. The van der Waals surface area contributed by atoms with Crippen molar-refractivity contribution in [3.05, 3.63) is 52.3 Å². The van der Waals surface area contributed by atoms with Crippen molar-refractivity contribution in [2.45, 2.75) is 6.61 Å². The lowest BCUT2D eigenvalue weighted by Crippen LogP contribution is -2.00. The molecule has 0 saturated heterocycles. The molecule has 0 amide bonds. The molecule has 0 saturated carbocycles. The van der Waals surface area contributed by atoms with Gasteiger partial charge >= 0.3 is 0 Å². The number of benzene rings is 2. The molecule has 0 spiro atoms. The average molecular weight is 309 g/mol. The number of carbonyl (C=O) groups excluding carboxylic acids is 1. The number of carbonyl (C=O) groups is 1. The molecule has 4 nitrogen and oxygen atoms in total. The first-order valence-corrected chi connectivity index (χ1v) is 6.50. The van der Waals surface area contributed by atoms with Gasteiger partial charge in [0, 0.05) is 16.7 Å². The number of fused-ring (bicyclic) bond motifs is 1. The summed E-state index contributed by atoms with van der Waals surface area (Å²) >= 11 is 5.97. The number of halogens is 2. The van der Waals surface area contributed by atoms with Gasteiger partial charge in [0.25, 0.3) is 0 Å². The molecule has 0 unspecified atom stereocenters. The molecule has 6 heteroatoms. The Morgan fingerprint density at radius 2 is 2.00 bits per heavy atom. The number of ether oxygens (including phenoxy) is 3. The molecular formula is C15H10ClFO4. The fourth-order valence-corrected chi connectivity index (χ4v) is 2.14. The molecule has 1 heterocycles. The van der Waals surface area contributed by atoms with Crippen LogP contribution in [0.3, 0.4) is 0 Å². The van der Waals surface area contributed by atoms with Gasteiger partial charge in [0.05, 0.1) is 5.56 Å². The molecular weight excluding hydrogens is 299 g/mol. The third kappa shape index (κ3) is 2.78. The van der Waals surface area contributed by atoms with Crippen LogP contribution in [0, 0.1) is 5.82 Å². The van der Waals surface area contributed by atoms with Crippen LogP contribution < -0.4 is 14.2 Å². The van der Waals surface area contributed by atoms with Gasteiger partial charge in [0.15, 0.2) is 17.8 Å². The van der Waals surface area contributed by atoms with Crippen molar-refractivity contribution >= 4 is 17.9 Å². The topological polar surface area (TPSA) is 44.8 Å². The summed E-state index contributed by atoms with van der Waals surface area (Å²) in [5.41, 5.74) is 0.818. The van der Waals surface area contributed by atoms with E-state index in [1.165, 1.54) is 24.3 Å². The zero-order valence-corrected chi connectivity index (χ0v) is 11.5. The molecule has 2 aromatic rings. The van der Waals surface area contributed by atoms with Crippen molar-refractivity contribution in [3.63, 3.8) is 0 Å². The van der Waals surface area contributed by atoms with E-state index in [0.29, 0.717) is 39.7 Å². The number of hydrogen-bond donors (Lipinski definition) is 0. The van der Waals surface area contributed by atoms with E-state index in [1.807, 2.05) is 0 Å². The second-order valence-corrected chi connectivity index (χ2v) is 4.79. The highest BCUT2D eigenvalue weighted by molar-refractivity contribution is 6.31. The maximum atomic E-state index is 13.2. The highest BCUT2D eigenvalue weighted by atomic mass is 35.5. The Bertz CT molecular complexity index is 702. The van der Waals surface area contributed by atoms with Gasteiger partial charge in [-0.25, -0.2) is 4.39 Å². The van der Waals surface area contributed by atoms with E-state index in [9.17, 15) is 9.18 Å². The minimum Gasteiger partial charge on any atom is -0.488 e. The summed E-state index contributed by atoms with van der Waals surface area (Å²) in [6.07, 6.45) is 0.657. The smallest absolute Gasteiger partial charge is 0.231 e. The molecule has 0 aliphatic carbocycles. The third-order valence-corrected chi connectivity index (χ3v) is 3.39. The lowest BCUT2D eigenvalue weighted by atomic mass is 10.2. The molecule has 0 radical (unpaired) electrons. The van der Waals surface area contributed by atoms with Gasteiger partial charge in [-0.2, -0.15) is 0 Å². The first kappa shape index (κ1) is 13.7. The minimum absolute atomic E-state index is 0.0388. The number of rotatable bonds is 4. The van der Waals surface area contributed by atoms with Crippen molar-refractivity contribution in [3.8, 4) is 17.2 Å². The van der Waals surface area contributed by atoms with Crippen LogP contribution in [-0.2, 0) is 6.61 Å².